The summed E-state index contributed by atoms with van der Waals surface area (Å²) in [6.45, 7) is 2.21. The van der Waals surface area contributed by atoms with Gasteiger partial charge in [-0.05, 0) is 162 Å². The number of rotatable bonds is 8. The van der Waals surface area contributed by atoms with E-state index in [-0.39, 0.29) is 0 Å². The lowest BCUT2D eigenvalue weighted by atomic mass is 9.66. The van der Waals surface area contributed by atoms with Crippen LogP contribution < -0.4 is 0 Å². The normalized spacial score (nSPS) is 12.4. The number of hydrogen-bond donors (Lipinski definition) is 0. The quantitative estimate of drug-likeness (QED) is 0.144. The summed E-state index contributed by atoms with van der Waals surface area (Å²) >= 11 is 0. The van der Waals surface area contributed by atoms with E-state index < -0.39 is 5.41 Å². The lowest BCUT2D eigenvalue weighted by Gasteiger charge is -2.35. The van der Waals surface area contributed by atoms with Crippen LogP contribution in [0.5, 0.6) is 0 Å². The van der Waals surface area contributed by atoms with Gasteiger partial charge >= 0.3 is 0 Å². The molecule has 0 nitrogen and oxygen atoms in total. The highest BCUT2D eigenvalue weighted by Gasteiger charge is 2.46. The van der Waals surface area contributed by atoms with Gasteiger partial charge in [-0.15, -0.1) is 0 Å². The largest absolute Gasteiger partial charge is 0.0714 e. The van der Waals surface area contributed by atoms with Gasteiger partial charge in [0.05, 0.1) is 5.41 Å². The van der Waals surface area contributed by atoms with Crippen molar-refractivity contribution < 1.29 is 0 Å². The molecule has 0 amide bonds. The molecule has 1 aliphatic carbocycles. The highest BCUT2D eigenvalue weighted by molar-refractivity contribution is 5.90. The molecule has 0 saturated carbocycles. The molecule has 0 atom stereocenters. The molecule has 0 heteroatoms. The van der Waals surface area contributed by atoms with Crippen LogP contribution >= 0.6 is 0 Å². The van der Waals surface area contributed by atoms with Gasteiger partial charge in [0.15, 0.2) is 0 Å². The van der Waals surface area contributed by atoms with E-state index >= 15 is 0 Å². The molecule has 0 fully saturated rings. The van der Waals surface area contributed by atoms with Crippen molar-refractivity contribution in [1.82, 2.24) is 0 Å². The van der Waals surface area contributed by atoms with Gasteiger partial charge in [0.2, 0.25) is 0 Å². The van der Waals surface area contributed by atoms with E-state index in [0.29, 0.717) is 0 Å². The average molecular weight is 789 g/mol. The third-order valence-electron chi connectivity index (χ3n) is 12.7. The predicted octanol–water partition coefficient (Wildman–Crippen LogP) is 16.4. The molecule has 0 spiro atoms. The molecule has 0 aromatic heterocycles. The zero-order valence-corrected chi connectivity index (χ0v) is 34.7. The molecule has 0 heterocycles. The Balaban J connectivity index is 1.25. The number of fused-ring (bicyclic) bond motifs is 3. The number of hydrogen-bond acceptors (Lipinski definition) is 0. The molecule has 1 aliphatic rings. The molecule has 10 aromatic carbocycles. The smallest absolute Gasteiger partial charge is 0.0622 e. The zero-order chi connectivity index (χ0) is 41.5. The zero-order valence-electron chi connectivity index (χ0n) is 34.7. The van der Waals surface area contributed by atoms with E-state index in [4.69, 9.17) is 0 Å². The molecule has 62 heavy (non-hydrogen) atoms. The molecule has 10 aromatic rings. The maximum absolute atomic E-state index is 2.49. The SMILES string of the molecule is Cc1cccc(C2(c3cc(-c4cc(-c5ccccc5)cc(-c5ccccc5)c4)cc(-c4cc(-c5ccccc5)cc(-c5ccccc5)c4)c3)c3ccccc3-c3ccccc32)c1. The van der Waals surface area contributed by atoms with Crippen LogP contribution in [0.15, 0.2) is 249 Å². The van der Waals surface area contributed by atoms with Crippen LogP contribution in [0.2, 0.25) is 0 Å². The van der Waals surface area contributed by atoms with E-state index in [2.05, 4.69) is 256 Å². The topological polar surface area (TPSA) is 0 Å². The summed E-state index contributed by atoms with van der Waals surface area (Å²) in [5.41, 5.74) is 22.6. The fourth-order valence-corrected chi connectivity index (χ4v) is 9.86. The van der Waals surface area contributed by atoms with Gasteiger partial charge in [-0.1, -0.05) is 200 Å². The van der Waals surface area contributed by atoms with Crippen molar-refractivity contribution in [3.8, 4) is 77.9 Å². The van der Waals surface area contributed by atoms with Gasteiger partial charge in [0, 0.05) is 0 Å². The van der Waals surface area contributed by atoms with E-state index in [9.17, 15) is 0 Å². The first kappa shape index (κ1) is 37.2. The molecular formula is C62H44. The Labute approximate surface area is 365 Å². The minimum Gasteiger partial charge on any atom is -0.0622 e. The van der Waals surface area contributed by atoms with Crippen LogP contribution in [0.4, 0.5) is 0 Å². The molecule has 0 radical (unpaired) electrons. The van der Waals surface area contributed by atoms with E-state index in [1.807, 2.05) is 0 Å². The van der Waals surface area contributed by atoms with Crippen LogP contribution in [0.25, 0.3) is 77.9 Å². The van der Waals surface area contributed by atoms with Crippen molar-refractivity contribution in [1.29, 1.82) is 0 Å². The third-order valence-corrected chi connectivity index (χ3v) is 12.7. The van der Waals surface area contributed by atoms with E-state index in [1.54, 1.807) is 0 Å². The van der Waals surface area contributed by atoms with Crippen molar-refractivity contribution in [2.45, 2.75) is 12.3 Å². The molecule has 292 valence electrons. The Morgan fingerprint density at radius 3 is 0.887 bits per heavy atom. The summed E-state index contributed by atoms with van der Waals surface area (Å²) in [5, 5.41) is 0. The standard InChI is InChI=1S/C62H44/c1-43-19-18-28-56(33-43)62(60-31-16-14-29-58(60)59-30-15-17-32-61(59)62)57-41-54(52-36-48(44-20-6-2-7-21-44)34-49(37-52)45-22-8-3-9-23-45)40-55(42-57)53-38-50(46-24-10-4-11-25-46)35-51(39-53)47-26-12-5-13-27-47/h2-42H,1H3. The molecule has 0 aliphatic heterocycles. The maximum atomic E-state index is 2.49. The molecule has 11 rings (SSSR count). The minimum absolute atomic E-state index is 0.581. The van der Waals surface area contributed by atoms with Crippen LogP contribution in [0, 0.1) is 6.92 Å². The van der Waals surface area contributed by atoms with Crippen LogP contribution in [-0.2, 0) is 5.41 Å². The minimum atomic E-state index is -0.581. The first-order valence-electron chi connectivity index (χ1n) is 21.6. The number of benzene rings is 10. The molecule has 0 bridgehead atoms. The van der Waals surface area contributed by atoms with E-state index in [1.165, 1.54) is 106 Å². The Kier molecular flexibility index (Phi) is 9.40. The summed E-state index contributed by atoms with van der Waals surface area (Å²) in [6, 6.07) is 92.1. The monoisotopic (exact) mass is 788 g/mol. The second-order valence-corrected chi connectivity index (χ2v) is 16.6. The Bertz CT molecular complexity index is 2910. The van der Waals surface area contributed by atoms with Crippen molar-refractivity contribution in [3.05, 3.63) is 277 Å². The lowest BCUT2D eigenvalue weighted by Crippen LogP contribution is -2.28. The summed E-state index contributed by atoms with van der Waals surface area (Å²) in [7, 11) is 0. The fourth-order valence-electron chi connectivity index (χ4n) is 9.86. The van der Waals surface area contributed by atoms with E-state index in [0.717, 1.165) is 0 Å². The Morgan fingerprint density at radius 1 is 0.226 bits per heavy atom. The Hall–Kier alpha value is -7.80. The fraction of sp³-hybridized carbons (Fsp3) is 0.0323. The van der Waals surface area contributed by atoms with Gasteiger partial charge < -0.3 is 0 Å². The second kappa shape index (κ2) is 15.7. The van der Waals surface area contributed by atoms with Crippen LogP contribution in [-0.4, -0.2) is 0 Å². The second-order valence-electron chi connectivity index (χ2n) is 16.6. The van der Waals surface area contributed by atoms with Crippen LogP contribution in [0.1, 0.15) is 27.8 Å². The van der Waals surface area contributed by atoms with Crippen molar-refractivity contribution in [3.63, 3.8) is 0 Å². The highest BCUT2D eigenvalue weighted by Crippen LogP contribution is 2.57. The van der Waals surface area contributed by atoms with Crippen molar-refractivity contribution in [2.24, 2.45) is 0 Å². The van der Waals surface area contributed by atoms with Gasteiger partial charge in [0.1, 0.15) is 0 Å². The summed E-state index contributed by atoms with van der Waals surface area (Å²) in [4.78, 5) is 0. The van der Waals surface area contributed by atoms with Gasteiger partial charge in [0.25, 0.3) is 0 Å². The summed E-state index contributed by atoms with van der Waals surface area (Å²) in [5.74, 6) is 0. The molecule has 0 unspecified atom stereocenters. The highest BCUT2D eigenvalue weighted by atomic mass is 14.5. The Morgan fingerprint density at radius 2 is 0.532 bits per heavy atom. The van der Waals surface area contributed by atoms with Gasteiger partial charge in [-0.2, -0.15) is 0 Å². The molecule has 0 saturated heterocycles. The lowest BCUT2D eigenvalue weighted by molar-refractivity contribution is 0.768. The molecular weight excluding hydrogens is 745 g/mol. The first-order valence-corrected chi connectivity index (χ1v) is 21.6. The van der Waals surface area contributed by atoms with Crippen LogP contribution in [0.3, 0.4) is 0 Å². The third kappa shape index (κ3) is 6.58. The van der Waals surface area contributed by atoms with Crippen molar-refractivity contribution in [2.75, 3.05) is 0 Å². The summed E-state index contributed by atoms with van der Waals surface area (Å²) < 4.78 is 0. The van der Waals surface area contributed by atoms with Gasteiger partial charge in [-0.25, -0.2) is 0 Å². The van der Waals surface area contributed by atoms with Crippen molar-refractivity contribution >= 4 is 0 Å². The number of aryl methyl sites for hydroxylation is 1. The first-order chi connectivity index (χ1) is 30.6. The maximum Gasteiger partial charge on any atom is 0.0714 e. The molecule has 0 N–H and O–H groups in total. The summed E-state index contributed by atoms with van der Waals surface area (Å²) in [6.07, 6.45) is 0. The predicted molar refractivity (Wildman–Crippen MR) is 261 cm³/mol. The average Bonchev–Trinajstić information content (AvgIpc) is 3.66. The van der Waals surface area contributed by atoms with Gasteiger partial charge in [-0.3, -0.25) is 0 Å².